The standard InChI is InChI=1S/C17H18F2N4O3.ClH/c1-8-4-11(10(3)25-8)13-5-12(14-9(2)23-26-16(14)22-13)15(24)21-7-17(18,19)6-20;/h4-5H,6-7,20H2,1-3H3,(H,21,24);1H. The van der Waals surface area contributed by atoms with E-state index >= 15 is 0 Å². The van der Waals surface area contributed by atoms with Gasteiger partial charge in [0.25, 0.3) is 17.5 Å². The van der Waals surface area contributed by atoms with Gasteiger partial charge in [0, 0.05) is 5.56 Å². The van der Waals surface area contributed by atoms with E-state index in [0.29, 0.717) is 33.9 Å². The molecule has 27 heavy (non-hydrogen) atoms. The van der Waals surface area contributed by atoms with Crippen LogP contribution in [0, 0.1) is 20.8 Å². The highest BCUT2D eigenvalue weighted by Crippen LogP contribution is 2.30. The lowest BCUT2D eigenvalue weighted by atomic mass is 10.1. The van der Waals surface area contributed by atoms with E-state index in [4.69, 9.17) is 14.7 Å². The van der Waals surface area contributed by atoms with E-state index in [0.717, 1.165) is 0 Å². The van der Waals surface area contributed by atoms with E-state index in [1.165, 1.54) is 6.07 Å². The highest BCUT2D eigenvalue weighted by Gasteiger charge is 2.28. The van der Waals surface area contributed by atoms with Gasteiger partial charge in [0.2, 0.25) is 0 Å². The fraction of sp³-hybridized carbons (Fsp3) is 0.353. The third-order valence-electron chi connectivity index (χ3n) is 3.98. The average molecular weight is 401 g/mol. The lowest BCUT2D eigenvalue weighted by Gasteiger charge is -2.15. The number of alkyl halides is 2. The third kappa shape index (κ3) is 4.09. The number of aryl methyl sites for hydroxylation is 3. The molecule has 3 aromatic heterocycles. The fourth-order valence-corrected chi connectivity index (χ4v) is 2.67. The second kappa shape index (κ2) is 7.61. The Balaban J connectivity index is 0.00000261. The van der Waals surface area contributed by atoms with Crippen molar-refractivity contribution < 1.29 is 22.5 Å². The largest absolute Gasteiger partial charge is 0.466 e. The molecule has 3 rings (SSSR count). The molecule has 3 aromatic rings. The number of pyridine rings is 1. The fourth-order valence-electron chi connectivity index (χ4n) is 2.67. The van der Waals surface area contributed by atoms with Crippen molar-refractivity contribution in [2.24, 2.45) is 5.73 Å². The first-order valence-corrected chi connectivity index (χ1v) is 7.92. The van der Waals surface area contributed by atoms with Crippen LogP contribution in [0.2, 0.25) is 0 Å². The molecule has 0 aliphatic heterocycles. The summed E-state index contributed by atoms with van der Waals surface area (Å²) < 4.78 is 37.4. The molecule has 0 aliphatic rings. The molecule has 1 amide bonds. The smallest absolute Gasteiger partial charge is 0.277 e. The minimum atomic E-state index is -3.19. The SMILES string of the molecule is Cc1cc(-c2cc(C(=O)NCC(F)(F)CN)c3c(C)noc3n2)c(C)o1.Cl. The molecular formula is C17H19ClF2N4O3. The van der Waals surface area contributed by atoms with Crippen LogP contribution in [0.4, 0.5) is 8.78 Å². The zero-order chi connectivity index (χ0) is 19.1. The van der Waals surface area contributed by atoms with Crippen LogP contribution in [0.1, 0.15) is 27.6 Å². The Hall–Kier alpha value is -2.52. The van der Waals surface area contributed by atoms with Crippen LogP contribution in [0.25, 0.3) is 22.4 Å². The number of carbonyl (C=O) groups excluding carboxylic acids is 1. The molecule has 0 aromatic carbocycles. The summed E-state index contributed by atoms with van der Waals surface area (Å²) in [6, 6.07) is 3.29. The first-order valence-electron chi connectivity index (χ1n) is 7.92. The number of hydrogen-bond donors (Lipinski definition) is 2. The van der Waals surface area contributed by atoms with Gasteiger partial charge in [-0.2, -0.15) is 0 Å². The second-order valence-electron chi connectivity index (χ2n) is 6.07. The van der Waals surface area contributed by atoms with Crippen molar-refractivity contribution in [2.45, 2.75) is 26.7 Å². The lowest BCUT2D eigenvalue weighted by Crippen LogP contribution is -2.41. The molecule has 3 heterocycles. The predicted molar refractivity (Wildman–Crippen MR) is 97.3 cm³/mol. The van der Waals surface area contributed by atoms with Gasteiger partial charge in [-0.1, -0.05) is 5.16 Å². The van der Waals surface area contributed by atoms with Crippen LogP contribution < -0.4 is 11.1 Å². The molecule has 7 nitrogen and oxygen atoms in total. The number of rotatable bonds is 5. The highest BCUT2D eigenvalue weighted by atomic mass is 35.5. The normalized spacial score (nSPS) is 11.5. The summed E-state index contributed by atoms with van der Waals surface area (Å²) >= 11 is 0. The van der Waals surface area contributed by atoms with Crippen molar-refractivity contribution >= 4 is 29.4 Å². The molecule has 0 radical (unpaired) electrons. The molecule has 3 N–H and O–H groups in total. The topological polar surface area (TPSA) is 107 Å². The summed E-state index contributed by atoms with van der Waals surface area (Å²) in [6.07, 6.45) is 0. The van der Waals surface area contributed by atoms with Gasteiger partial charge >= 0.3 is 0 Å². The summed E-state index contributed by atoms with van der Waals surface area (Å²) in [5, 5.41) is 6.40. The monoisotopic (exact) mass is 400 g/mol. The number of furan rings is 1. The van der Waals surface area contributed by atoms with Crippen LogP contribution in [0.15, 0.2) is 21.1 Å². The second-order valence-corrected chi connectivity index (χ2v) is 6.07. The van der Waals surface area contributed by atoms with E-state index in [2.05, 4.69) is 15.5 Å². The number of nitrogens with one attached hydrogen (secondary N) is 1. The van der Waals surface area contributed by atoms with Gasteiger partial charge in [0.1, 0.15) is 11.5 Å². The molecule has 10 heteroatoms. The molecule has 0 atom stereocenters. The van der Waals surface area contributed by atoms with Crippen LogP contribution in [0.5, 0.6) is 0 Å². The summed E-state index contributed by atoms with van der Waals surface area (Å²) in [4.78, 5) is 16.9. The predicted octanol–water partition coefficient (Wildman–Crippen LogP) is 3.15. The Morgan fingerprint density at radius 1 is 1.30 bits per heavy atom. The number of fused-ring (bicyclic) bond motifs is 1. The Bertz CT molecular complexity index is 984. The molecule has 0 unspecified atom stereocenters. The molecule has 0 saturated heterocycles. The number of carbonyl (C=O) groups is 1. The summed E-state index contributed by atoms with van der Waals surface area (Å²) in [5.74, 6) is -2.57. The third-order valence-corrected chi connectivity index (χ3v) is 3.98. The zero-order valence-electron chi connectivity index (χ0n) is 14.9. The highest BCUT2D eigenvalue weighted by molar-refractivity contribution is 6.07. The van der Waals surface area contributed by atoms with E-state index in [1.54, 1.807) is 26.8 Å². The van der Waals surface area contributed by atoms with Crippen molar-refractivity contribution in [3.05, 3.63) is 34.9 Å². The number of aromatic nitrogens is 2. The summed E-state index contributed by atoms with van der Waals surface area (Å²) in [7, 11) is 0. The van der Waals surface area contributed by atoms with E-state index < -0.39 is 24.9 Å². The van der Waals surface area contributed by atoms with Gasteiger partial charge in [0.05, 0.1) is 35.4 Å². The minimum Gasteiger partial charge on any atom is -0.466 e. The van der Waals surface area contributed by atoms with Crippen molar-refractivity contribution in [2.75, 3.05) is 13.1 Å². The molecule has 0 fully saturated rings. The number of nitrogens with zero attached hydrogens (tertiary/aromatic N) is 2. The van der Waals surface area contributed by atoms with Gasteiger partial charge in [-0.05, 0) is 32.9 Å². The van der Waals surface area contributed by atoms with Gasteiger partial charge in [0.15, 0.2) is 0 Å². The maximum Gasteiger partial charge on any atom is 0.277 e. The zero-order valence-corrected chi connectivity index (χ0v) is 15.7. The van der Waals surface area contributed by atoms with Crippen molar-refractivity contribution in [1.29, 1.82) is 0 Å². The average Bonchev–Trinajstić information content (AvgIpc) is 3.14. The Morgan fingerprint density at radius 2 is 2.00 bits per heavy atom. The first-order chi connectivity index (χ1) is 12.2. The number of hydrogen-bond acceptors (Lipinski definition) is 6. The van der Waals surface area contributed by atoms with Gasteiger partial charge in [-0.3, -0.25) is 4.79 Å². The molecule has 0 bridgehead atoms. The molecular weight excluding hydrogens is 382 g/mol. The summed E-state index contributed by atoms with van der Waals surface area (Å²) in [6.45, 7) is 3.48. The Kier molecular flexibility index (Phi) is 5.86. The number of amides is 1. The first kappa shape index (κ1) is 20.8. The maximum absolute atomic E-state index is 13.4. The van der Waals surface area contributed by atoms with Gasteiger partial charge < -0.3 is 20.0 Å². The van der Waals surface area contributed by atoms with Gasteiger partial charge in [-0.15, -0.1) is 12.4 Å². The van der Waals surface area contributed by atoms with Crippen molar-refractivity contribution in [3.63, 3.8) is 0 Å². The molecule has 0 aliphatic carbocycles. The van der Waals surface area contributed by atoms with Crippen LogP contribution >= 0.6 is 12.4 Å². The van der Waals surface area contributed by atoms with Crippen LogP contribution in [-0.4, -0.2) is 35.1 Å². The summed E-state index contributed by atoms with van der Waals surface area (Å²) in [5.41, 5.74) is 6.85. The molecule has 0 spiro atoms. The van der Waals surface area contributed by atoms with Crippen molar-refractivity contribution in [1.82, 2.24) is 15.5 Å². The Morgan fingerprint density at radius 3 is 2.59 bits per heavy atom. The molecule has 0 saturated carbocycles. The lowest BCUT2D eigenvalue weighted by molar-refractivity contribution is 0.0119. The van der Waals surface area contributed by atoms with E-state index in [-0.39, 0.29) is 23.7 Å². The van der Waals surface area contributed by atoms with E-state index in [9.17, 15) is 13.6 Å². The Labute approximate surface area is 159 Å². The quantitative estimate of drug-likeness (QED) is 0.681. The number of nitrogens with two attached hydrogens (primary N) is 1. The number of halogens is 3. The maximum atomic E-state index is 13.4. The van der Waals surface area contributed by atoms with Crippen LogP contribution in [-0.2, 0) is 0 Å². The van der Waals surface area contributed by atoms with Crippen LogP contribution in [0.3, 0.4) is 0 Å². The van der Waals surface area contributed by atoms with E-state index in [1.807, 2.05) is 0 Å². The molecule has 146 valence electrons. The van der Waals surface area contributed by atoms with Gasteiger partial charge in [-0.25, -0.2) is 13.8 Å². The van der Waals surface area contributed by atoms with Crippen molar-refractivity contribution in [3.8, 4) is 11.3 Å². The minimum absolute atomic E-state index is 0.